The lowest BCUT2D eigenvalue weighted by atomic mass is 10.1. The van der Waals surface area contributed by atoms with Crippen LogP contribution in [0.15, 0.2) is 18.2 Å². The molecule has 0 aliphatic carbocycles. The van der Waals surface area contributed by atoms with Gasteiger partial charge in [-0.05, 0) is 37.5 Å². The maximum atomic E-state index is 13.0. The largest absolute Gasteiger partial charge is 0.416 e. The highest BCUT2D eigenvalue weighted by molar-refractivity contribution is 5.99. The summed E-state index contributed by atoms with van der Waals surface area (Å²) >= 11 is 0. The van der Waals surface area contributed by atoms with Crippen LogP contribution in [0.25, 0.3) is 0 Å². The molecule has 2 rings (SSSR count). The summed E-state index contributed by atoms with van der Waals surface area (Å²) in [5.41, 5.74) is -0.334. The Kier molecular flexibility index (Phi) is 5.92. The fraction of sp³-hybridized carbons (Fsp3) is 0.529. The Labute approximate surface area is 144 Å². The smallest absolute Gasteiger partial charge is 0.383 e. The van der Waals surface area contributed by atoms with Crippen LogP contribution in [-0.2, 0) is 15.8 Å². The van der Waals surface area contributed by atoms with Gasteiger partial charge in [-0.15, -0.1) is 0 Å². The van der Waals surface area contributed by atoms with Crippen LogP contribution in [0.2, 0.25) is 0 Å². The summed E-state index contributed by atoms with van der Waals surface area (Å²) in [4.78, 5) is 25.5. The minimum absolute atomic E-state index is 0.0728. The third-order valence-corrected chi connectivity index (χ3v) is 4.13. The molecular formula is C17H22F3N3O2. The van der Waals surface area contributed by atoms with Crippen LogP contribution in [0, 0.1) is 0 Å². The molecule has 0 aromatic heterocycles. The quantitative estimate of drug-likeness (QED) is 0.848. The molecule has 1 aromatic carbocycles. The van der Waals surface area contributed by atoms with Crippen molar-refractivity contribution in [3.05, 3.63) is 23.8 Å². The molecule has 1 saturated heterocycles. The van der Waals surface area contributed by atoms with Crippen LogP contribution in [0.1, 0.15) is 38.7 Å². The highest BCUT2D eigenvalue weighted by Gasteiger charge is 2.34. The highest BCUT2D eigenvalue weighted by Crippen LogP contribution is 2.34. The van der Waals surface area contributed by atoms with Crippen LogP contribution >= 0.6 is 0 Å². The number of carbonyl (C=O) groups is 2. The van der Waals surface area contributed by atoms with Gasteiger partial charge in [0.1, 0.15) is 6.04 Å². The van der Waals surface area contributed by atoms with Crippen molar-refractivity contribution in [3.63, 3.8) is 0 Å². The van der Waals surface area contributed by atoms with Crippen LogP contribution in [0.4, 0.5) is 24.5 Å². The van der Waals surface area contributed by atoms with Crippen LogP contribution in [0.5, 0.6) is 0 Å². The van der Waals surface area contributed by atoms with E-state index in [2.05, 4.69) is 10.6 Å². The van der Waals surface area contributed by atoms with Gasteiger partial charge in [0, 0.05) is 20.0 Å². The zero-order valence-corrected chi connectivity index (χ0v) is 14.2. The molecule has 2 N–H and O–H groups in total. The molecule has 1 aromatic rings. The molecule has 1 unspecified atom stereocenters. The van der Waals surface area contributed by atoms with Crippen LogP contribution in [0.3, 0.4) is 0 Å². The second-order valence-electron chi connectivity index (χ2n) is 6.04. The topological polar surface area (TPSA) is 61.4 Å². The second-order valence-corrected chi connectivity index (χ2v) is 6.04. The van der Waals surface area contributed by atoms with Gasteiger partial charge < -0.3 is 15.5 Å². The number of alkyl halides is 3. The minimum Gasteiger partial charge on any atom is -0.383 e. The molecule has 1 heterocycles. The van der Waals surface area contributed by atoms with E-state index in [1.807, 2.05) is 6.92 Å². The summed E-state index contributed by atoms with van der Waals surface area (Å²) in [6.07, 6.45) is -2.51. The summed E-state index contributed by atoms with van der Waals surface area (Å²) in [6.45, 7) is 4.36. The minimum atomic E-state index is -4.50. The summed E-state index contributed by atoms with van der Waals surface area (Å²) < 4.78 is 38.9. The van der Waals surface area contributed by atoms with Gasteiger partial charge in [0.05, 0.1) is 16.9 Å². The van der Waals surface area contributed by atoms with Gasteiger partial charge in [-0.1, -0.05) is 6.92 Å². The van der Waals surface area contributed by atoms with Crippen LogP contribution < -0.4 is 10.6 Å². The molecule has 0 bridgehead atoms. The van der Waals surface area contributed by atoms with Gasteiger partial charge in [-0.3, -0.25) is 9.59 Å². The Morgan fingerprint density at radius 3 is 2.60 bits per heavy atom. The molecule has 8 heteroatoms. The van der Waals surface area contributed by atoms with E-state index >= 15 is 0 Å². The maximum absolute atomic E-state index is 13.0. The SMILES string of the molecule is CCCNc1ccc(C(F)(F)F)cc1NC(=O)C1CCCN1C(C)=O. The average Bonchev–Trinajstić information content (AvgIpc) is 3.02. The fourth-order valence-corrected chi connectivity index (χ4v) is 2.87. The Morgan fingerprint density at radius 2 is 2.00 bits per heavy atom. The number of carbonyl (C=O) groups excluding carboxylic acids is 2. The van der Waals surface area contributed by atoms with Gasteiger partial charge in [-0.2, -0.15) is 13.2 Å². The summed E-state index contributed by atoms with van der Waals surface area (Å²) in [5, 5.41) is 5.57. The molecule has 0 spiro atoms. The number of amides is 2. The Balaban J connectivity index is 2.25. The number of anilines is 2. The van der Waals surface area contributed by atoms with E-state index in [1.54, 1.807) is 0 Å². The van der Waals surface area contributed by atoms with Crippen molar-refractivity contribution in [2.75, 3.05) is 23.7 Å². The third kappa shape index (κ3) is 4.64. The number of nitrogens with one attached hydrogen (secondary N) is 2. The van der Waals surface area contributed by atoms with Crippen molar-refractivity contribution in [1.29, 1.82) is 0 Å². The van der Waals surface area contributed by atoms with E-state index in [0.29, 0.717) is 31.6 Å². The van der Waals surface area contributed by atoms with Gasteiger partial charge >= 0.3 is 6.18 Å². The van der Waals surface area contributed by atoms with E-state index in [0.717, 1.165) is 18.6 Å². The zero-order chi connectivity index (χ0) is 18.6. The number of halogens is 3. The monoisotopic (exact) mass is 357 g/mol. The normalized spacial score (nSPS) is 17.5. The lowest BCUT2D eigenvalue weighted by molar-refractivity contribution is -0.137. The van der Waals surface area contributed by atoms with Gasteiger partial charge in [0.15, 0.2) is 0 Å². The molecule has 138 valence electrons. The predicted octanol–water partition coefficient (Wildman–Crippen LogP) is 3.48. The van der Waals surface area contributed by atoms with Crippen LogP contribution in [-0.4, -0.2) is 35.8 Å². The first-order chi connectivity index (χ1) is 11.7. The summed E-state index contributed by atoms with van der Waals surface area (Å²) in [6, 6.07) is 2.56. The summed E-state index contributed by atoms with van der Waals surface area (Å²) in [5.74, 6) is -0.683. The summed E-state index contributed by atoms with van der Waals surface area (Å²) in [7, 11) is 0. The van der Waals surface area contributed by atoms with E-state index in [1.165, 1.54) is 17.9 Å². The van der Waals surface area contributed by atoms with E-state index in [-0.39, 0.29) is 11.6 Å². The number of hydrogen-bond donors (Lipinski definition) is 2. The van der Waals surface area contributed by atoms with Crippen molar-refractivity contribution in [2.45, 2.75) is 45.3 Å². The molecular weight excluding hydrogens is 335 g/mol. The van der Waals surface area contributed by atoms with Crippen molar-refractivity contribution in [3.8, 4) is 0 Å². The average molecular weight is 357 g/mol. The highest BCUT2D eigenvalue weighted by atomic mass is 19.4. The Morgan fingerprint density at radius 1 is 1.28 bits per heavy atom. The van der Waals surface area contributed by atoms with Crippen molar-refractivity contribution < 1.29 is 22.8 Å². The molecule has 1 aliphatic heterocycles. The molecule has 25 heavy (non-hydrogen) atoms. The number of hydrogen-bond acceptors (Lipinski definition) is 3. The van der Waals surface area contributed by atoms with E-state index in [4.69, 9.17) is 0 Å². The lowest BCUT2D eigenvalue weighted by Gasteiger charge is -2.23. The van der Waals surface area contributed by atoms with Crippen molar-refractivity contribution in [1.82, 2.24) is 4.90 Å². The number of likely N-dealkylation sites (tertiary alicyclic amines) is 1. The molecule has 1 aliphatic rings. The molecule has 1 atom stereocenters. The Hall–Kier alpha value is -2.25. The Bertz CT molecular complexity index is 647. The molecule has 1 fully saturated rings. The standard InChI is InChI=1S/C17H22F3N3O2/c1-3-8-21-13-7-6-12(17(18,19)20)10-14(13)22-16(25)15-5-4-9-23(15)11(2)24/h6-7,10,15,21H,3-5,8-9H2,1-2H3,(H,22,25). The lowest BCUT2D eigenvalue weighted by Crippen LogP contribution is -2.42. The molecule has 5 nitrogen and oxygen atoms in total. The first-order valence-electron chi connectivity index (χ1n) is 8.27. The molecule has 0 saturated carbocycles. The second kappa shape index (κ2) is 7.76. The maximum Gasteiger partial charge on any atom is 0.416 e. The predicted molar refractivity (Wildman–Crippen MR) is 89.3 cm³/mol. The fourth-order valence-electron chi connectivity index (χ4n) is 2.87. The molecule has 2 amide bonds. The number of benzene rings is 1. The van der Waals surface area contributed by atoms with Gasteiger partial charge in [-0.25, -0.2) is 0 Å². The third-order valence-electron chi connectivity index (χ3n) is 4.13. The first kappa shape index (κ1) is 19.1. The van der Waals surface area contributed by atoms with Gasteiger partial charge in [0.2, 0.25) is 11.8 Å². The number of nitrogens with zero attached hydrogens (tertiary/aromatic N) is 1. The number of rotatable bonds is 5. The van der Waals surface area contributed by atoms with E-state index < -0.39 is 23.7 Å². The zero-order valence-electron chi connectivity index (χ0n) is 14.2. The van der Waals surface area contributed by atoms with E-state index in [9.17, 15) is 22.8 Å². The van der Waals surface area contributed by atoms with Gasteiger partial charge in [0.25, 0.3) is 0 Å². The first-order valence-corrected chi connectivity index (χ1v) is 8.27. The van der Waals surface area contributed by atoms with Crippen molar-refractivity contribution >= 4 is 23.2 Å². The van der Waals surface area contributed by atoms with Crippen molar-refractivity contribution in [2.24, 2.45) is 0 Å². The molecule has 0 radical (unpaired) electrons.